The zero-order chi connectivity index (χ0) is 20.6. The summed E-state index contributed by atoms with van der Waals surface area (Å²) >= 11 is 0. The van der Waals surface area contributed by atoms with E-state index in [1.165, 1.54) is 6.07 Å². The fourth-order valence-electron chi connectivity index (χ4n) is 2.70. The number of benzene rings is 2. The van der Waals surface area contributed by atoms with Crippen molar-refractivity contribution in [2.75, 3.05) is 7.11 Å². The van der Waals surface area contributed by atoms with Crippen LogP contribution in [0, 0.1) is 17.5 Å². The van der Waals surface area contributed by atoms with Crippen LogP contribution in [0.1, 0.15) is 10.4 Å². The molecule has 0 atom stereocenters. The van der Waals surface area contributed by atoms with Crippen LogP contribution in [0.5, 0.6) is 5.75 Å². The second-order valence-corrected chi connectivity index (χ2v) is 7.49. The Morgan fingerprint density at radius 2 is 1.75 bits per heavy atom. The summed E-state index contributed by atoms with van der Waals surface area (Å²) in [7, 11) is -3.35. The average molecular weight is 410 g/mol. The van der Waals surface area contributed by atoms with Gasteiger partial charge in [0.1, 0.15) is 28.7 Å². The molecular formula is C18H13F3N2O4S. The third-order valence-electron chi connectivity index (χ3n) is 3.94. The van der Waals surface area contributed by atoms with Crippen molar-refractivity contribution < 1.29 is 31.1 Å². The molecule has 10 heteroatoms. The summed E-state index contributed by atoms with van der Waals surface area (Å²) in [5.41, 5.74) is 4.19. The molecule has 0 spiro atoms. The first kappa shape index (κ1) is 19.5. The van der Waals surface area contributed by atoms with Gasteiger partial charge in [0, 0.05) is 17.8 Å². The molecule has 0 aliphatic rings. The molecule has 1 heterocycles. The number of methoxy groups -OCH3 is 1. The highest BCUT2D eigenvalue weighted by atomic mass is 32.2. The van der Waals surface area contributed by atoms with Gasteiger partial charge >= 0.3 is 0 Å². The lowest BCUT2D eigenvalue weighted by molar-refractivity contribution is 0.0997. The summed E-state index contributed by atoms with van der Waals surface area (Å²) in [6.45, 7) is 0. The van der Waals surface area contributed by atoms with Gasteiger partial charge in [-0.2, -0.15) is 0 Å². The van der Waals surface area contributed by atoms with E-state index < -0.39 is 44.0 Å². The molecule has 146 valence electrons. The van der Waals surface area contributed by atoms with E-state index in [9.17, 15) is 26.4 Å². The highest BCUT2D eigenvalue weighted by Gasteiger charge is 2.30. The minimum Gasteiger partial charge on any atom is -0.494 e. The Bertz CT molecular complexity index is 1190. The van der Waals surface area contributed by atoms with Crippen LogP contribution >= 0.6 is 0 Å². The van der Waals surface area contributed by atoms with Crippen molar-refractivity contribution in [3.63, 3.8) is 0 Å². The summed E-state index contributed by atoms with van der Waals surface area (Å²) in [5.74, 6) is -4.15. The molecular weight excluding hydrogens is 397 g/mol. The maximum absolute atomic E-state index is 14.4. The fraction of sp³-hybridized carbons (Fsp3) is 0.0556. The van der Waals surface area contributed by atoms with Gasteiger partial charge < -0.3 is 10.5 Å². The zero-order valence-electron chi connectivity index (χ0n) is 14.3. The first-order valence-corrected chi connectivity index (χ1v) is 9.16. The molecule has 0 saturated heterocycles. The third-order valence-corrected chi connectivity index (χ3v) is 5.59. The monoisotopic (exact) mass is 410 g/mol. The van der Waals surface area contributed by atoms with Gasteiger partial charge in [0.05, 0.1) is 12.0 Å². The Morgan fingerprint density at radius 1 is 1.07 bits per heavy atom. The molecule has 0 bridgehead atoms. The van der Waals surface area contributed by atoms with Crippen molar-refractivity contribution in [3.8, 4) is 17.0 Å². The highest BCUT2D eigenvalue weighted by molar-refractivity contribution is 7.90. The second kappa shape index (κ2) is 7.04. The number of carbonyl (C=O) groups excluding carboxylic acids is 1. The van der Waals surface area contributed by atoms with Crippen molar-refractivity contribution in [3.05, 3.63) is 71.7 Å². The number of rotatable bonds is 5. The first-order chi connectivity index (χ1) is 13.2. The van der Waals surface area contributed by atoms with Crippen LogP contribution < -0.4 is 10.5 Å². The molecule has 6 nitrogen and oxygen atoms in total. The Hall–Kier alpha value is -3.27. The Kier molecular flexibility index (Phi) is 4.90. The predicted molar refractivity (Wildman–Crippen MR) is 93.8 cm³/mol. The molecule has 0 saturated carbocycles. The summed E-state index contributed by atoms with van der Waals surface area (Å²) < 4.78 is 73.0. The van der Waals surface area contributed by atoms with Crippen LogP contribution in [-0.4, -0.2) is 25.4 Å². The predicted octanol–water partition coefficient (Wildman–Crippen LogP) is 2.92. The van der Waals surface area contributed by atoms with E-state index in [-0.39, 0.29) is 16.9 Å². The van der Waals surface area contributed by atoms with E-state index in [0.29, 0.717) is 10.0 Å². The molecule has 2 aromatic carbocycles. The van der Waals surface area contributed by atoms with Crippen LogP contribution in [0.15, 0.2) is 53.6 Å². The lowest BCUT2D eigenvalue weighted by atomic mass is 10.1. The molecule has 28 heavy (non-hydrogen) atoms. The van der Waals surface area contributed by atoms with Crippen molar-refractivity contribution in [2.24, 2.45) is 5.73 Å². The Balaban J connectivity index is 2.40. The third kappa shape index (κ3) is 3.22. The molecule has 3 aromatic rings. The van der Waals surface area contributed by atoms with Crippen LogP contribution in [0.4, 0.5) is 13.2 Å². The molecule has 1 amide bonds. The van der Waals surface area contributed by atoms with Gasteiger partial charge in [-0.15, -0.1) is 0 Å². The van der Waals surface area contributed by atoms with Gasteiger partial charge in [0.15, 0.2) is 5.75 Å². The van der Waals surface area contributed by atoms with E-state index >= 15 is 0 Å². The fourth-order valence-corrected chi connectivity index (χ4v) is 4.11. The van der Waals surface area contributed by atoms with Gasteiger partial charge in [-0.05, 0) is 30.3 Å². The topological polar surface area (TPSA) is 91.4 Å². The molecule has 3 rings (SSSR count). The molecule has 0 aliphatic heterocycles. The maximum atomic E-state index is 14.4. The number of amides is 1. The number of primary amides is 1. The molecule has 0 unspecified atom stereocenters. The number of aromatic nitrogens is 1. The molecule has 0 radical (unpaired) electrons. The van der Waals surface area contributed by atoms with Crippen LogP contribution in [0.25, 0.3) is 11.3 Å². The van der Waals surface area contributed by atoms with E-state index in [2.05, 4.69) is 0 Å². The molecule has 0 aliphatic carbocycles. The maximum Gasteiger partial charge on any atom is 0.268 e. The molecule has 2 N–H and O–H groups in total. The van der Waals surface area contributed by atoms with Crippen LogP contribution in [0.3, 0.4) is 0 Å². The number of carbonyl (C=O) groups is 1. The summed E-state index contributed by atoms with van der Waals surface area (Å²) in [6, 6.07) is 6.56. The summed E-state index contributed by atoms with van der Waals surface area (Å²) in [4.78, 5) is 11.3. The zero-order valence-corrected chi connectivity index (χ0v) is 15.1. The van der Waals surface area contributed by atoms with Crippen molar-refractivity contribution in [2.45, 2.75) is 4.90 Å². The van der Waals surface area contributed by atoms with Crippen LogP contribution in [0.2, 0.25) is 0 Å². The Morgan fingerprint density at radius 3 is 2.32 bits per heavy atom. The Labute approximate surface area is 158 Å². The molecule has 1 aromatic heterocycles. The largest absolute Gasteiger partial charge is 0.494 e. The van der Waals surface area contributed by atoms with Gasteiger partial charge in [-0.3, -0.25) is 4.79 Å². The minimum absolute atomic E-state index is 0.321. The van der Waals surface area contributed by atoms with Gasteiger partial charge in [0.25, 0.3) is 15.9 Å². The number of ether oxygens (including phenoxy) is 1. The number of hydrogen-bond acceptors (Lipinski definition) is 4. The van der Waals surface area contributed by atoms with E-state index in [1.54, 1.807) is 0 Å². The first-order valence-electron chi connectivity index (χ1n) is 7.72. The molecule has 0 fully saturated rings. The smallest absolute Gasteiger partial charge is 0.268 e. The van der Waals surface area contributed by atoms with E-state index in [1.807, 2.05) is 0 Å². The number of nitrogens with two attached hydrogens (primary N) is 1. The van der Waals surface area contributed by atoms with Crippen molar-refractivity contribution in [1.82, 2.24) is 3.97 Å². The number of hydrogen-bond donors (Lipinski definition) is 1. The summed E-state index contributed by atoms with van der Waals surface area (Å²) in [6.07, 6.45) is 0.847. The lowest BCUT2D eigenvalue weighted by Crippen LogP contribution is -2.14. The van der Waals surface area contributed by atoms with Gasteiger partial charge in [-0.25, -0.2) is 25.6 Å². The van der Waals surface area contributed by atoms with Gasteiger partial charge in [0.2, 0.25) is 0 Å². The minimum atomic E-state index is -4.48. The SMILES string of the molecule is COc1c(C(N)=O)cn(S(=O)(=O)c2cccc(F)c2)c1-c1ccc(F)cc1F. The van der Waals surface area contributed by atoms with Crippen molar-refractivity contribution >= 4 is 15.9 Å². The lowest BCUT2D eigenvalue weighted by Gasteiger charge is -2.13. The van der Waals surface area contributed by atoms with Gasteiger partial charge in [-0.1, -0.05) is 6.07 Å². The van der Waals surface area contributed by atoms with E-state index in [0.717, 1.165) is 43.6 Å². The highest BCUT2D eigenvalue weighted by Crippen LogP contribution is 2.38. The second-order valence-electron chi connectivity index (χ2n) is 5.67. The van der Waals surface area contributed by atoms with Crippen molar-refractivity contribution in [1.29, 1.82) is 0 Å². The summed E-state index contributed by atoms with van der Waals surface area (Å²) in [5, 5.41) is 0. The van der Waals surface area contributed by atoms with E-state index in [4.69, 9.17) is 10.5 Å². The number of halogens is 3. The quantitative estimate of drug-likeness (QED) is 0.700. The number of nitrogens with zero attached hydrogens (tertiary/aromatic N) is 1. The average Bonchev–Trinajstić information content (AvgIpc) is 3.02. The van der Waals surface area contributed by atoms with Crippen LogP contribution in [-0.2, 0) is 10.0 Å². The normalized spacial score (nSPS) is 11.4. The standard InChI is InChI=1S/C18H13F3N2O4S/c1-27-17-14(18(22)24)9-23(16(17)13-6-5-11(20)8-15(13)21)28(25,26)12-4-2-3-10(19)7-12/h2-9H,1H3,(H2,22,24).